The Labute approximate surface area is 302 Å². The average molecular weight is 749 g/mol. The number of aliphatic hydroxyl groups excluding tert-OH is 1. The van der Waals surface area contributed by atoms with Gasteiger partial charge in [0.2, 0.25) is 29.5 Å². The van der Waals surface area contributed by atoms with Gasteiger partial charge in [0.1, 0.15) is 24.2 Å². The van der Waals surface area contributed by atoms with E-state index in [4.69, 9.17) is 11.6 Å². The van der Waals surface area contributed by atoms with E-state index in [0.717, 1.165) is 17.0 Å². The molecule has 1 saturated carbocycles. The topological polar surface area (TPSA) is 186 Å². The second-order valence-corrected chi connectivity index (χ2v) is 13.9. The van der Waals surface area contributed by atoms with Gasteiger partial charge in [0, 0.05) is 25.0 Å². The summed E-state index contributed by atoms with van der Waals surface area (Å²) in [5.74, 6) is -5.27. The second kappa shape index (κ2) is 15.9. The molecule has 280 valence electrons. The number of hydrogen-bond acceptors (Lipinski definition) is 7. The van der Waals surface area contributed by atoms with Crippen molar-refractivity contribution in [1.29, 1.82) is 0 Å². The van der Waals surface area contributed by atoms with Crippen LogP contribution in [0.5, 0.6) is 0 Å². The lowest BCUT2D eigenvalue weighted by Crippen LogP contribution is -2.61. The highest BCUT2D eigenvalue weighted by atomic mass is 35.5. The zero-order valence-corrected chi connectivity index (χ0v) is 29.1. The van der Waals surface area contributed by atoms with E-state index in [1.54, 1.807) is 30.3 Å². The Morgan fingerprint density at radius 3 is 2.35 bits per heavy atom. The first-order chi connectivity index (χ1) is 24.5. The predicted molar refractivity (Wildman–Crippen MR) is 180 cm³/mol. The molecule has 8 atom stereocenters. The molecule has 2 aliphatic heterocycles. The van der Waals surface area contributed by atoms with Gasteiger partial charge in [-0.15, -0.1) is 0 Å². The van der Waals surface area contributed by atoms with Crippen LogP contribution in [0.25, 0.3) is 0 Å². The molecule has 17 heteroatoms. The second-order valence-electron chi connectivity index (χ2n) is 13.5. The van der Waals surface area contributed by atoms with Gasteiger partial charge < -0.3 is 36.6 Å². The predicted octanol–water partition coefficient (Wildman–Crippen LogP) is 1.45. The SMILES string of the molecule is C[C@@H]1NC(=O)[C@@H]2C[C@@H](NC(=O)c3cc(C(F)(F)F)ccc3Cl)CN2C(=O)[C@H](Cc2ccccc2)NC(=O)[C@H]([C@@H](C)O)NC(=O)[C@@H]2CCC[C@H]2NC1=O. The van der Waals surface area contributed by atoms with Crippen molar-refractivity contribution in [2.45, 2.75) is 94.5 Å². The number of halogens is 4. The summed E-state index contributed by atoms with van der Waals surface area (Å²) in [6.45, 7) is 2.43. The number of nitrogens with one attached hydrogen (secondary N) is 5. The van der Waals surface area contributed by atoms with E-state index >= 15 is 0 Å². The fourth-order valence-corrected chi connectivity index (χ4v) is 7.08. The fourth-order valence-electron chi connectivity index (χ4n) is 6.88. The molecule has 0 bridgehead atoms. The first-order valence-electron chi connectivity index (χ1n) is 16.9. The Morgan fingerprint density at radius 2 is 1.67 bits per heavy atom. The smallest absolute Gasteiger partial charge is 0.391 e. The van der Waals surface area contributed by atoms with Crippen LogP contribution in [-0.4, -0.2) is 94.3 Å². The van der Waals surface area contributed by atoms with E-state index < -0.39 is 101 Å². The number of benzene rings is 2. The average Bonchev–Trinajstić information content (AvgIpc) is 3.73. The summed E-state index contributed by atoms with van der Waals surface area (Å²) < 4.78 is 40.3. The van der Waals surface area contributed by atoms with E-state index in [1.165, 1.54) is 13.8 Å². The van der Waals surface area contributed by atoms with Crippen LogP contribution < -0.4 is 26.6 Å². The normalized spacial score (nSPS) is 28.2. The molecule has 1 aliphatic carbocycles. The molecule has 0 unspecified atom stereocenters. The minimum atomic E-state index is -4.76. The molecule has 6 amide bonds. The summed E-state index contributed by atoms with van der Waals surface area (Å²) in [5.41, 5.74) is -0.950. The van der Waals surface area contributed by atoms with Crippen molar-refractivity contribution in [3.05, 3.63) is 70.2 Å². The highest BCUT2D eigenvalue weighted by Gasteiger charge is 2.45. The molecule has 2 saturated heterocycles. The number of alkyl halides is 3. The maximum atomic E-state index is 14.4. The number of fused-ring (bicyclic) bond motifs is 2. The standard InChI is InChI=1S/C35H40ClF3N6O7/c1-17-29(47)42-25-10-6-9-22(25)30(48)44-28(18(2)46)33(51)43-26(13-19-7-4-3-5-8-19)34(52)45-16-21(15-27(45)32(50)40-17)41-31(49)23-14-20(35(37,38)39)11-12-24(23)36/h3-5,7-8,11-12,14,17-18,21-22,25-28,46H,6,9-10,13,15-16H2,1-2H3,(H,40,50)(H,41,49)(H,42,47)(H,43,51)(H,44,48)/t17-,18+,21+,22+,25+,26-,27-,28-/m0/s1. The van der Waals surface area contributed by atoms with Crippen molar-refractivity contribution in [3.8, 4) is 0 Å². The number of amides is 6. The molecule has 2 heterocycles. The van der Waals surface area contributed by atoms with Gasteiger partial charge in [-0.05, 0) is 56.9 Å². The van der Waals surface area contributed by atoms with Crippen LogP contribution in [-0.2, 0) is 36.6 Å². The Bertz CT molecular complexity index is 1710. The highest BCUT2D eigenvalue weighted by molar-refractivity contribution is 6.33. The van der Waals surface area contributed by atoms with Gasteiger partial charge in [0.15, 0.2) is 0 Å². The monoisotopic (exact) mass is 748 g/mol. The number of carbonyl (C=O) groups is 6. The maximum Gasteiger partial charge on any atom is 0.416 e. The molecule has 3 fully saturated rings. The molecular formula is C35H40ClF3N6O7. The first-order valence-corrected chi connectivity index (χ1v) is 17.3. The molecule has 2 aromatic carbocycles. The molecular weight excluding hydrogens is 709 g/mol. The summed E-state index contributed by atoms with van der Waals surface area (Å²) in [6.07, 6.45) is -4.97. The molecule has 5 rings (SSSR count). The van der Waals surface area contributed by atoms with Crippen molar-refractivity contribution in [1.82, 2.24) is 31.5 Å². The van der Waals surface area contributed by atoms with Crippen molar-refractivity contribution >= 4 is 47.0 Å². The number of nitrogens with zero attached hydrogens (tertiary/aromatic N) is 1. The van der Waals surface area contributed by atoms with Crippen LogP contribution in [0.15, 0.2) is 48.5 Å². The van der Waals surface area contributed by atoms with Crippen LogP contribution in [0.2, 0.25) is 5.02 Å². The zero-order chi connectivity index (χ0) is 37.9. The Balaban J connectivity index is 1.49. The lowest BCUT2D eigenvalue weighted by Gasteiger charge is -2.32. The molecule has 0 spiro atoms. The maximum absolute atomic E-state index is 14.4. The lowest BCUT2D eigenvalue weighted by molar-refractivity contribution is -0.143. The number of hydrogen-bond donors (Lipinski definition) is 6. The number of carbonyl (C=O) groups excluding carboxylic acids is 6. The third-order valence-electron chi connectivity index (χ3n) is 9.65. The third kappa shape index (κ3) is 8.84. The summed E-state index contributed by atoms with van der Waals surface area (Å²) in [5, 5.41) is 23.5. The first kappa shape index (κ1) is 38.5. The number of rotatable bonds is 5. The largest absolute Gasteiger partial charge is 0.416 e. The molecule has 13 nitrogen and oxygen atoms in total. The van der Waals surface area contributed by atoms with Gasteiger partial charge in [0.25, 0.3) is 5.91 Å². The van der Waals surface area contributed by atoms with E-state index in [2.05, 4.69) is 26.6 Å². The van der Waals surface area contributed by atoms with E-state index in [0.29, 0.717) is 30.9 Å². The molecule has 52 heavy (non-hydrogen) atoms. The summed E-state index contributed by atoms with van der Waals surface area (Å²) in [7, 11) is 0. The molecule has 0 aromatic heterocycles. The zero-order valence-electron chi connectivity index (χ0n) is 28.3. The van der Waals surface area contributed by atoms with Gasteiger partial charge in [0.05, 0.1) is 28.2 Å². The number of aliphatic hydroxyl groups is 1. The van der Waals surface area contributed by atoms with E-state index in [1.807, 2.05) is 0 Å². The van der Waals surface area contributed by atoms with Crippen molar-refractivity contribution < 1.29 is 47.0 Å². The molecule has 0 radical (unpaired) electrons. The summed E-state index contributed by atoms with van der Waals surface area (Å²) in [6, 6.07) is 4.06. The van der Waals surface area contributed by atoms with Crippen molar-refractivity contribution in [2.75, 3.05) is 6.54 Å². The van der Waals surface area contributed by atoms with Gasteiger partial charge in [-0.1, -0.05) is 48.4 Å². The quantitative estimate of drug-likeness (QED) is 0.267. The van der Waals surface area contributed by atoms with E-state index in [-0.39, 0.29) is 24.4 Å². The van der Waals surface area contributed by atoms with Crippen LogP contribution in [0, 0.1) is 5.92 Å². The van der Waals surface area contributed by atoms with Crippen LogP contribution >= 0.6 is 11.6 Å². The van der Waals surface area contributed by atoms with Gasteiger partial charge in [-0.3, -0.25) is 28.8 Å². The Morgan fingerprint density at radius 1 is 0.962 bits per heavy atom. The molecule has 6 N–H and O–H groups in total. The van der Waals surface area contributed by atoms with E-state index in [9.17, 15) is 47.0 Å². The van der Waals surface area contributed by atoms with Crippen molar-refractivity contribution in [2.24, 2.45) is 5.92 Å². The summed E-state index contributed by atoms with van der Waals surface area (Å²) >= 11 is 6.09. The van der Waals surface area contributed by atoms with Gasteiger partial charge >= 0.3 is 6.18 Å². The Hall–Kier alpha value is -4.70. The van der Waals surface area contributed by atoms with Crippen LogP contribution in [0.1, 0.15) is 61.0 Å². The molecule has 3 aliphatic rings. The lowest BCUT2D eigenvalue weighted by atomic mass is 10.00. The minimum absolute atomic E-state index is 0.0723. The highest BCUT2D eigenvalue weighted by Crippen LogP contribution is 2.32. The minimum Gasteiger partial charge on any atom is -0.391 e. The third-order valence-corrected chi connectivity index (χ3v) is 9.98. The summed E-state index contributed by atoms with van der Waals surface area (Å²) in [4.78, 5) is 83.0. The fraction of sp³-hybridized carbons (Fsp3) is 0.486. The van der Waals surface area contributed by atoms with Crippen LogP contribution in [0.3, 0.4) is 0 Å². The molecule has 2 aromatic rings. The Kier molecular flexibility index (Phi) is 11.8. The van der Waals surface area contributed by atoms with Gasteiger partial charge in [-0.25, -0.2) is 0 Å². The van der Waals surface area contributed by atoms with Crippen molar-refractivity contribution in [3.63, 3.8) is 0 Å². The van der Waals surface area contributed by atoms with Gasteiger partial charge in [-0.2, -0.15) is 13.2 Å². The van der Waals surface area contributed by atoms with Crippen LogP contribution in [0.4, 0.5) is 13.2 Å².